The number of nitrogens with one attached hydrogen (secondary N) is 3. The molecule has 1 fully saturated rings. The van der Waals surface area contributed by atoms with E-state index in [-0.39, 0.29) is 17.3 Å². The molecule has 2 heterocycles. The summed E-state index contributed by atoms with van der Waals surface area (Å²) >= 11 is 0. The molecule has 2 aromatic rings. The van der Waals surface area contributed by atoms with Crippen molar-refractivity contribution >= 4 is 16.8 Å². The smallest absolute Gasteiger partial charge is 0.287 e. The number of benzene rings is 1. The third kappa shape index (κ3) is 3.11. The van der Waals surface area contributed by atoms with E-state index in [4.69, 9.17) is 0 Å². The maximum atomic E-state index is 12.1. The van der Waals surface area contributed by atoms with Crippen molar-refractivity contribution in [2.24, 2.45) is 5.92 Å². The van der Waals surface area contributed by atoms with Crippen molar-refractivity contribution in [2.45, 2.75) is 12.8 Å². The Morgan fingerprint density at radius 2 is 2.24 bits per heavy atom. The van der Waals surface area contributed by atoms with Gasteiger partial charge in [-0.2, -0.15) is 0 Å². The molecular weight excluding hydrogens is 268 g/mol. The predicted octanol–water partition coefficient (Wildman–Crippen LogP) is 0.652. The van der Waals surface area contributed by atoms with Crippen molar-refractivity contribution in [1.82, 2.24) is 20.6 Å². The maximum absolute atomic E-state index is 12.1. The van der Waals surface area contributed by atoms with E-state index in [1.54, 1.807) is 24.3 Å². The lowest BCUT2D eigenvalue weighted by Crippen LogP contribution is -2.38. The highest BCUT2D eigenvalue weighted by Crippen LogP contribution is 2.09. The summed E-state index contributed by atoms with van der Waals surface area (Å²) in [6, 6.07) is 6.99. The van der Waals surface area contributed by atoms with Crippen LogP contribution in [0.5, 0.6) is 0 Å². The molecule has 0 saturated carbocycles. The molecule has 21 heavy (non-hydrogen) atoms. The average molecular weight is 286 g/mol. The first-order valence-corrected chi connectivity index (χ1v) is 7.22. The Hall–Kier alpha value is -2.21. The van der Waals surface area contributed by atoms with Crippen LogP contribution in [-0.2, 0) is 0 Å². The minimum Gasteiger partial charge on any atom is -0.349 e. The molecule has 1 saturated heterocycles. The number of piperidine rings is 1. The zero-order valence-corrected chi connectivity index (χ0v) is 11.7. The van der Waals surface area contributed by atoms with Gasteiger partial charge in [0.1, 0.15) is 0 Å². The minimum absolute atomic E-state index is 0.0717. The van der Waals surface area contributed by atoms with Crippen LogP contribution in [0.25, 0.3) is 10.9 Å². The van der Waals surface area contributed by atoms with E-state index in [2.05, 4.69) is 20.6 Å². The van der Waals surface area contributed by atoms with Crippen LogP contribution in [0.4, 0.5) is 0 Å². The molecule has 0 spiro atoms. The third-order valence-corrected chi connectivity index (χ3v) is 3.78. The lowest BCUT2D eigenvalue weighted by atomic mass is 10.00. The second-order valence-electron chi connectivity index (χ2n) is 5.35. The molecule has 1 amide bonds. The monoisotopic (exact) mass is 286 g/mol. The van der Waals surface area contributed by atoms with Crippen LogP contribution in [0.3, 0.4) is 0 Å². The molecule has 3 N–H and O–H groups in total. The highest BCUT2D eigenvalue weighted by molar-refractivity contribution is 5.92. The van der Waals surface area contributed by atoms with Gasteiger partial charge in [0.25, 0.3) is 11.5 Å². The summed E-state index contributed by atoms with van der Waals surface area (Å²) in [7, 11) is 0. The van der Waals surface area contributed by atoms with Crippen LogP contribution < -0.4 is 16.2 Å². The predicted molar refractivity (Wildman–Crippen MR) is 80.3 cm³/mol. The first-order chi connectivity index (χ1) is 10.2. The zero-order valence-electron chi connectivity index (χ0n) is 11.7. The second kappa shape index (κ2) is 6.05. The highest BCUT2D eigenvalue weighted by atomic mass is 16.2. The fraction of sp³-hybridized carbons (Fsp3) is 0.400. The number of aromatic nitrogens is 2. The van der Waals surface area contributed by atoms with Crippen LogP contribution in [0.15, 0.2) is 29.1 Å². The number of H-pyrrole nitrogens is 1. The van der Waals surface area contributed by atoms with Crippen molar-refractivity contribution in [3.8, 4) is 0 Å². The Morgan fingerprint density at radius 3 is 3.05 bits per heavy atom. The molecule has 1 unspecified atom stereocenters. The van der Waals surface area contributed by atoms with E-state index in [1.165, 1.54) is 0 Å². The number of hydrogen-bond acceptors (Lipinski definition) is 4. The Morgan fingerprint density at radius 1 is 1.38 bits per heavy atom. The first-order valence-electron chi connectivity index (χ1n) is 7.22. The molecule has 1 aromatic carbocycles. The van der Waals surface area contributed by atoms with Gasteiger partial charge in [0.15, 0.2) is 5.82 Å². The summed E-state index contributed by atoms with van der Waals surface area (Å²) in [6.07, 6.45) is 2.24. The van der Waals surface area contributed by atoms with Crippen LogP contribution in [0.2, 0.25) is 0 Å². The summed E-state index contributed by atoms with van der Waals surface area (Å²) in [5, 5.41) is 6.65. The number of nitrogens with zero attached hydrogens (tertiary/aromatic N) is 1. The number of carbonyl (C=O) groups is 1. The van der Waals surface area contributed by atoms with E-state index < -0.39 is 0 Å². The van der Waals surface area contributed by atoms with Crippen molar-refractivity contribution < 1.29 is 4.79 Å². The molecule has 110 valence electrons. The van der Waals surface area contributed by atoms with Gasteiger partial charge in [0.05, 0.1) is 10.9 Å². The lowest BCUT2D eigenvalue weighted by molar-refractivity contribution is 0.0934. The number of rotatable bonds is 3. The Balaban J connectivity index is 1.73. The molecule has 0 radical (unpaired) electrons. The number of carbonyl (C=O) groups excluding carboxylic acids is 1. The van der Waals surface area contributed by atoms with Gasteiger partial charge < -0.3 is 15.6 Å². The number of hydrogen-bond donors (Lipinski definition) is 3. The molecule has 1 aliphatic rings. The summed E-state index contributed by atoms with van der Waals surface area (Å²) in [5.74, 6) is 0.181. The van der Waals surface area contributed by atoms with Gasteiger partial charge in [-0.3, -0.25) is 9.59 Å². The van der Waals surface area contributed by atoms with Gasteiger partial charge in [-0.1, -0.05) is 12.1 Å². The zero-order chi connectivity index (χ0) is 14.7. The highest BCUT2D eigenvalue weighted by Gasteiger charge is 2.16. The summed E-state index contributed by atoms with van der Waals surface area (Å²) < 4.78 is 0. The van der Waals surface area contributed by atoms with Crippen molar-refractivity contribution in [3.05, 3.63) is 40.4 Å². The van der Waals surface area contributed by atoms with Crippen LogP contribution in [0.1, 0.15) is 23.5 Å². The van der Waals surface area contributed by atoms with Gasteiger partial charge in [0.2, 0.25) is 0 Å². The van der Waals surface area contributed by atoms with Crippen LogP contribution in [-0.4, -0.2) is 35.5 Å². The number of fused-ring (bicyclic) bond motifs is 1. The van der Waals surface area contributed by atoms with Crippen molar-refractivity contribution in [1.29, 1.82) is 0 Å². The number of aromatic amines is 1. The summed E-state index contributed by atoms with van der Waals surface area (Å²) in [5.41, 5.74) is 0.246. The molecule has 0 aliphatic carbocycles. The number of amides is 1. The van der Waals surface area contributed by atoms with Gasteiger partial charge in [-0.05, 0) is 44.0 Å². The Labute approximate surface area is 122 Å². The standard InChI is InChI=1S/C15H18N4O2/c20-14-11-5-1-2-6-12(11)18-13(19-14)15(21)17-9-10-4-3-7-16-8-10/h1-2,5-6,10,16H,3-4,7-9H2,(H,17,21)(H,18,19,20). The van der Waals surface area contributed by atoms with Crippen molar-refractivity contribution in [2.75, 3.05) is 19.6 Å². The molecular formula is C15H18N4O2. The molecule has 1 aliphatic heterocycles. The molecule has 1 atom stereocenters. The Bertz CT molecular complexity index is 704. The second-order valence-corrected chi connectivity index (χ2v) is 5.35. The molecule has 1 aromatic heterocycles. The fourth-order valence-electron chi connectivity index (χ4n) is 2.61. The summed E-state index contributed by atoms with van der Waals surface area (Å²) in [4.78, 5) is 30.8. The minimum atomic E-state index is -0.330. The lowest BCUT2D eigenvalue weighted by Gasteiger charge is -2.22. The van der Waals surface area contributed by atoms with Crippen LogP contribution in [0, 0.1) is 5.92 Å². The Kier molecular flexibility index (Phi) is 3.96. The molecule has 6 heteroatoms. The van der Waals surface area contributed by atoms with E-state index in [1.807, 2.05) is 0 Å². The van der Waals surface area contributed by atoms with E-state index in [9.17, 15) is 9.59 Å². The third-order valence-electron chi connectivity index (χ3n) is 3.78. The molecule has 3 rings (SSSR count). The van der Waals surface area contributed by atoms with Crippen LogP contribution >= 0.6 is 0 Å². The first kappa shape index (κ1) is 13.8. The van der Waals surface area contributed by atoms with E-state index in [0.717, 1.165) is 25.9 Å². The normalized spacial score (nSPS) is 18.6. The fourth-order valence-corrected chi connectivity index (χ4v) is 2.61. The molecule has 0 bridgehead atoms. The quantitative estimate of drug-likeness (QED) is 0.773. The van der Waals surface area contributed by atoms with Gasteiger partial charge in [0, 0.05) is 6.54 Å². The van der Waals surface area contributed by atoms with Gasteiger partial charge >= 0.3 is 0 Å². The summed E-state index contributed by atoms with van der Waals surface area (Å²) in [6.45, 7) is 2.56. The molecule has 6 nitrogen and oxygen atoms in total. The van der Waals surface area contributed by atoms with Gasteiger partial charge in [-0.25, -0.2) is 4.98 Å². The van der Waals surface area contributed by atoms with E-state index >= 15 is 0 Å². The van der Waals surface area contributed by atoms with Crippen molar-refractivity contribution in [3.63, 3.8) is 0 Å². The number of para-hydroxylation sites is 1. The average Bonchev–Trinajstić information content (AvgIpc) is 2.53. The van der Waals surface area contributed by atoms with E-state index in [0.29, 0.717) is 23.4 Å². The van der Waals surface area contributed by atoms with Gasteiger partial charge in [-0.15, -0.1) is 0 Å². The maximum Gasteiger partial charge on any atom is 0.287 e. The SMILES string of the molecule is O=C(NCC1CCCNC1)c1nc2ccccc2c(=O)[nH]1. The topological polar surface area (TPSA) is 86.9 Å². The largest absolute Gasteiger partial charge is 0.349 e.